The van der Waals surface area contributed by atoms with Gasteiger partial charge in [-0.3, -0.25) is 34.1 Å². The van der Waals surface area contributed by atoms with E-state index in [1.807, 2.05) is 36.4 Å². The number of nitrogens with zero attached hydrogens (tertiary/aromatic N) is 7. The molecule has 774 valence electrons. The number of benzene rings is 3. The molecule has 0 radical (unpaired) electrons. The van der Waals surface area contributed by atoms with Crippen LogP contribution in [0.4, 0.5) is 35.0 Å². The van der Waals surface area contributed by atoms with Crippen LogP contribution in [0.25, 0.3) is 22.2 Å². The monoisotopic (exact) mass is 1980 g/mol. The zero-order valence-electron chi connectivity index (χ0n) is 79.3. The van der Waals surface area contributed by atoms with Gasteiger partial charge in [0.25, 0.3) is 5.91 Å². The predicted molar refractivity (Wildman–Crippen MR) is 497 cm³/mol. The number of nitrogens with one attached hydrogen (secondary N) is 2. The molecule has 0 aliphatic carbocycles. The highest BCUT2D eigenvalue weighted by atomic mass is 32.2. The van der Waals surface area contributed by atoms with Crippen LogP contribution in [0.15, 0.2) is 73.1 Å². The summed E-state index contributed by atoms with van der Waals surface area (Å²) < 4.78 is 205. The molecule has 138 heavy (non-hydrogen) atoms. The van der Waals surface area contributed by atoms with Crippen LogP contribution >= 0.6 is 0 Å². The summed E-state index contributed by atoms with van der Waals surface area (Å²) in [6.45, 7) is 22.6. The van der Waals surface area contributed by atoms with Crippen LogP contribution in [0, 0.1) is 17.6 Å². The Balaban J connectivity index is 0.512. The van der Waals surface area contributed by atoms with Crippen LogP contribution in [0.5, 0.6) is 0 Å². The molecule has 4 fully saturated rings. The lowest BCUT2D eigenvalue weighted by atomic mass is 9.95. The molecule has 0 saturated carbocycles. The Kier molecular flexibility index (Phi) is 53.6. The number of hydrogen-bond donors (Lipinski definition) is 3. The molecule has 7 heterocycles. The first-order valence-corrected chi connectivity index (χ1v) is 49.0. The van der Waals surface area contributed by atoms with Gasteiger partial charge in [0.1, 0.15) is 36.4 Å². The number of imide groups is 1. The second-order valence-electron chi connectivity index (χ2n) is 32.6. The number of carbonyl (C=O) groups is 5. The quantitative estimate of drug-likeness (QED) is 0.0180. The fraction of sp³-hybridized carbons (Fsp3) is 0.681. The first-order chi connectivity index (χ1) is 67.5. The number of hydrogen-bond acceptors (Lipinski definition) is 34. The topological polar surface area (TPSA) is 410 Å². The molecule has 2 unspecified atom stereocenters. The Morgan fingerprint density at radius 1 is 0.507 bits per heavy atom. The van der Waals surface area contributed by atoms with E-state index in [-0.39, 0.29) is 87.4 Å². The van der Waals surface area contributed by atoms with Crippen molar-refractivity contribution in [2.45, 2.75) is 63.5 Å². The number of alkyl halides is 1. The highest BCUT2D eigenvalue weighted by Gasteiger charge is 2.40. The molecule has 3 aromatic carbocycles. The molecule has 3 atom stereocenters. The lowest BCUT2D eigenvalue weighted by molar-refractivity contribution is -0.137. The van der Waals surface area contributed by atoms with Gasteiger partial charge in [-0.2, -0.15) is 12.7 Å². The molecule has 2 aromatic heterocycles. The average molecular weight is 1980 g/mol. The molecule has 3 N–H and O–H groups in total. The number of piperidine rings is 2. The maximum atomic E-state index is 16.7. The van der Waals surface area contributed by atoms with E-state index in [1.54, 1.807) is 24.3 Å². The Morgan fingerprint density at radius 3 is 1.37 bits per heavy atom. The molecule has 44 heteroatoms. The third-order valence-electron chi connectivity index (χ3n) is 22.8. The number of carbonyl (C=O) groups excluding carboxylic acids is 4. The first kappa shape index (κ1) is 112. The second-order valence-corrected chi connectivity index (χ2v) is 34.2. The number of methoxy groups -OCH3 is 1. The summed E-state index contributed by atoms with van der Waals surface area (Å²) in [5.41, 5.74) is 2.89. The van der Waals surface area contributed by atoms with Gasteiger partial charge in [0, 0.05) is 125 Å². The third-order valence-corrected chi connectivity index (χ3v) is 24.3. The van der Waals surface area contributed by atoms with Crippen molar-refractivity contribution in [2.24, 2.45) is 5.92 Å². The van der Waals surface area contributed by atoms with Crippen molar-refractivity contribution < 1.29 is 160 Å². The second kappa shape index (κ2) is 66.0. The van der Waals surface area contributed by atoms with E-state index in [0.29, 0.717) is 280 Å². The highest BCUT2D eigenvalue weighted by molar-refractivity contribution is 7.90. The van der Waals surface area contributed by atoms with Crippen molar-refractivity contribution in [3.63, 3.8) is 0 Å². The number of piperazine rings is 1. The van der Waals surface area contributed by atoms with E-state index < -0.39 is 82.4 Å². The molecule has 0 bridgehead atoms. The summed E-state index contributed by atoms with van der Waals surface area (Å²) in [5.74, 6) is -4.39. The van der Waals surface area contributed by atoms with Gasteiger partial charge in [0.05, 0.1) is 295 Å². The summed E-state index contributed by atoms with van der Waals surface area (Å²) in [7, 11) is -2.89. The minimum Gasteiger partial charge on any atom is -0.450 e. The zero-order valence-corrected chi connectivity index (χ0v) is 80.1. The fourth-order valence-corrected chi connectivity index (χ4v) is 16.8. The lowest BCUT2D eigenvalue weighted by Gasteiger charge is -2.40. The van der Waals surface area contributed by atoms with Crippen LogP contribution in [-0.4, -0.2) is 435 Å². The van der Waals surface area contributed by atoms with E-state index in [4.69, 9.17) is 114 Å². The largest absolute Gasteiger partial charge is 0.505 e. The summed E-state index contributed by atoms with van der Waals surface area (Å²) in [4.78, 5) is 77.8. The predicted octanol–water partition coefficient (Wildman–Crippen LogP) is 5.77. The molecule has 10 rings (SSSR count). The lowest BCUT2D eigenvalue weighted by Crippen LogP contribution is -2.52. The Hall–Kier alpha value is -7.92. The Bertz CT molecular complexity index is 4420. The average Bonchev–Trinajstić information content (AvgIpc) is 1.61. The number of amides is 3. The van der Waals surface area contributed by atoms with Gasteiger partial charge >= 0.3 is 16.4 Å². The molecule has 5 aliphatic heterocycles. The highest BCUT2D eigenvalue weighted by Crippen LogP contribution is 2.36. The molecule has 5 aliphatic rings. The number of anilines is 3. The van der Waals surface area contributed by atoms with Crippen LogP contribution in [0.1, 0.15) is 63.9 Å². The maximum Gasteiger partial charge on any atom is 0.505 e. The number of rotatable bonds is 79. The minimum absolute atomic E-state index is 0.0422. The first-order valence-electron chi connectivity index (χ1n) is 47.6. The van der Waals surface area contributed by atoms with Crippen molar-refractivity contribution >= 4 is 68.0 Å². The molecular formula is C94H140F3N9O31S. The van der Waals surface area contributed by atoms with Crippen LogP contribution in [-0.2, 0) is 142 Å². The number of halogens is 3. The zero-order chi connectivity index (χ0) is 97.3. The maximum absolute atomic E-state index is 16.7. The van der Waals surface area contributed by atoms with Crippen molar-refractivity contribution in [1.29, 1.82) is 0 Å². The SMILES string of the molecule is COCCOCCOCCOCCOCCOCCOCCOCCOCCOCCOCCOCCOCCOCCOCCOCCOCCOCCOCCOCCOCCOC(COC(=O)O)Cn1cc(C(=O)c2c(F)ccc(NS(=O)(=O)N3CC[C@@H](F)C3)c2F)c2cc(-c3ccc(N4CCN(CC5CCN(c6ccc7c(c6)CN(C6CCC(=O)NC6=O)C7=O)CC5)CC4)cc3)cnc21. The van der Waals surface area contributed by atoms with Crippen molar-refractivity contribution in [3.8, 4) is 11.1 Å². The number of carboxylic acid groups (broad SMARTS) is 1. The number of ether oxygens (including phenoxy) is 23. The van der Waals surface area contributed by atoms with Crippen LogP contribution in [0.3, 0.4) is 0 Å². The third kappa shape index (κ3) is 41.2. The van der Waals surface area contributed by atoms with Gasteiger partial charge in [-0.25, -0.2) is 22.9 Å². The van der Waals surface area contributed by atoms with Gasteiger partial charge in [-0.05, 0) is 91.3 Å². The van der Waals surface area contributed by atoms with Crippen molar-refractivity contribution in [1.82, 2.24) is 29.0 Å². The van der Waals surface area contributed by atoms with E-state index in [1.165, 1.54) is 10.8 Å². The van der Waals surface area contributed by atoms with Crippen molar-refractivity contribution in [3.05, 3.63) is 107 Å². The van der Waals surface area contributed by atoms with Crippen LogP contribution in [0.2, 0.25) is 0 Å². The van der Waals surface area contributed by atoms with E-state index in [0.717, 1.165) is 92.0 Å². The van der Waals surface area contributed by atoms with Gasteiger partial charge in [0.2, 0.25) is 17.6 Å². The van der Waals surface area contributed by atoms with Gasteiger partial charge < -0.3 is 133 Å². The Labute approximate surface area is 805 Å². The molecule has 0 spiro atoms. The van der Waals surface area contributed by atoms with Gasteiger partial charge in [0.15, 0.2) is 5.82 Å². The summed E-state index contributed by atoms with van der Waals surface area (Å²) in [5, 5.41) is 12.1. The fourth-order valence-electron chi connectivity index (χ4n) is 15.5. The standard InChI is InChI=1S/C94H140F3N9O31S/c1-115-22-23-116-24-25-117-26-27-118-28-29-119-30-31-120-32-33-121-34-35-122-36-37-123-38-39-124-40-41-125-42-43-126-44-45-127-46-47-128-48-49-129-50-51-130-52-53-131-54-55-132-56-57-133-58-59-134-60-61-135-62-63-136-80(72-137-94(111)112)70-104-71-83(90(108)88-84(96)8-9-85(89(88)97)100-138(113,114)105-17-14-77(95)69-105)82-65-75(66-98-91(82)104)74-2-4-78(5-3-74)103-20-18-101(19-21-103)67-73-12-15-102(16-13-73)79-6-7-81-76(64-79)68-106(93(81)110)86-10-11-87(107)99-92(86)109/h2-9,64-66,71,73,77,80,86,100H,10-63,67-70,72H2,1H3,(H,111,112)(H,99,107,109)/t77-,80?,86?/m1/s1. The minimum atomic E-state index is -4.53. The smallest absolute Gasteiger partial charge is 0.450 e. The summed E-state index contributed by atoms with van der Waals surface area (Å²) in [6, 6.07) is 16.3. The molecular weight excluding hydrogens is 1840 g/mol. The molecule has 5 aromatic rings. The number of pyridine rings is 1. The van der Waals surface area contributed by atoms with Crippen LogP contribution < -0.4 is 19.8 Å². The van der Waals surface area contributed by atoms with Gasteiger partial charge in [-0.1, -0.05) is 12.1 Å². The number of fused-ring (bicyclic) bond motifs is 2. The number of ketones is 1. The molecule has 40 nitrogen and oxygen atoms in total. The van der Waals surface area contributed by atoms with E-state index >= 15 is 8.78 Å². The van der Waals surface area contributed by atoms with Crippen molar-refractivity contribution in [2.75, 3.05) is 365 Å². The summed E-state index contributed by atoms with van der Waals surface area (Å²) >= 11 is 0. The molecule has 3 amide bonds. The Morgan fingerprint density at radius 2 is 0.942 bits per heavy atom. The molecule has 4 saturated heterocycles. The number of aromatic nitrogens is 2. The summed E-state index contributed by atoms with van der Waals surface area (Å²) in [6.07, 6.45) is 1.32. The normalized spacial score (nSPS) is 16.6. The van der Waals surface area contributed by atoms with Gasteiger partial charge in [-0.15, -0.1) is 0 Å². The van der Waals surface area contributed by atoms with E-state index in [9.17, 15) is 41.9 Å². The van der Waals surface area contributed by atoms with E-state index in [2.05, 4.69) is 30.8 Å².